The number of aryl methyl sites for hydroxylation is 1. The summed E-state index contributed by atoms with van der Waals surface area (Å²) in [6, 6.07) is 8.15. The van der Waals surface area contributed by atoms with Gasteiger partial charge in [-0.2, -0.15) is 0 Å². The lowest BCUT2D eigenvalue weighted by Crippen LogP contribution is -2.18. The van der Waals surface area contributed by atoms with Crippen LogP contribution in [0.1, 0.15) is 44.5 Å². The second kappa shape index (κ2) is 4.65. The minimum absolute atomic E-state index is 0.0538. The molecule has 2 aromatic rings. The maximum absolute atomic E-state index is 7.80. The van der Waals surface area contributed by atoms with E-state index in [9.17, 15) is 0 Å². The Labute approximate surface area is 114 Å². The van der Waals surface area contributed by atoms with Crippen molar-refractivity contribution >= 4 is 16.7 Å². The van der Waals surface area contributed by atoms with Gasteiger partial charge in [0.05, 0.1) is 5.52 Å². The standard InChI is InChI=1S/C16H21N3/c1-5-10-6-7-13-11(8-10)12(15(17)18)9-14(19-13)16(2,3)4/h6-9H,5H2,1-4H3,(H3,17,18). The van der Waals surface area contributed by atoms with Crippen molar-refractivity contribution in [1.82, 2.24) is 4.98 Å². The van der Waals surface area contributed by atoms with Crippen LogP contribution in [0.4, 0.5) is 0 Å². The lowest BCUT2D eigenvalue weighted by atomic mass is 9.89. The van der Waals surface area contributed by atoms with Gasteiger partial charge in [0, 0.05) is 22.1 Å². The molecule has 3 N–H and O–H groups in total. The van der Waals surface area contributed by atoms with E-state index >= 15 is 0 Å². The molecular formula is C16H21N3. The summed E-state index contributed by atoms with van der Waals surface area (Å²) in [4.78, 5) is 4.71. The number of nitrogens with one attached hydrogen (secondary N) is 1. The molecule has 100 valence electrons. The van der Waals surface area contributed by atoms with Gasteiger partial charge in [-0.05, 0) is 30.2 Å². The molecule has 0 bridgehead atoms. The topological polar surface area (TPSA) is 62.8 Å². The molecule has 0 aliphatic carbocycles. The normalized spacial score (nSPS) is 11.8. The Balaban J connectivity index is 2.79. The fourth-order valence-corrected chi connectivity index (χ4v) is 2.10. The number of fused-ring (bicyclic) bond motifs is 1. The third-order valence-electron chi connectivity index (χ3n) is 3.34. The maximum atomic E-state index is 7.80. The first-order valence-corrected chi connectivity index (χ1v) is 6.61. The first-order valence-electron chi connectivity index (χ1n) is 6.61. The van der Waals surface area contributed by atoms with Crippen molar-refractivity contribution in [3.63, 3.8) is 0 Å². The van der Waals surface area contributed by atoms with Crippen LogP contribution in [-0.4, -0.2) is 10.8 Å². The van der Waals surface area contributed by atoms with Crippen LogP contribution in [-0.2, 0) is 11.8 Å². The highest BCUT2D eigenvalue weighted by Crippen LogP contribution is 2.26. The number of hydrogen-bond donors (Lipinski definition) is 2. The molecule has 0 saturated carbocycles. The van der Waals surface area contributed by atoms with Gasteiger partial charge in [0.1, 0.15) is 5.84 Å². The van der Waals surface area contributed by atoms with Gasteiger partial charge in [-0.1, -0.05) is 33.8 Å². The number of nitrogen functional groups attached to an aromatic ring is 1. The van der Waals surface area contributed by atoms with Gasteiger partial charge >= 0.3 is 0 Å². The van der Waals surface area contributed by atoms with E-state index in [1.54, 1.807) is 0 Å². The van der Waals surface area contributed by atoms with E-state index in [-0.39, 0.29) is 11.3 Å². The first kappa shape index (κ1) is 13.5. The molecule has 0 radical (unpaired) electrons. The number of rotatable bonds is 2. The molecular weight excluding hydrogens is 234 g/mol. The van der Waals surface area contributed by atoms with Gasteiger partial charge in [0.15, 0.2) is 0 Å². The van der Waals surface area contributed by atoms with Crippen molar-refractivity contribution in [3.05, 3.63) is 41.1 Å². The van der Waals surface area contributed by atoms with Crippen LogP contribution >= 0.6 is 0 Å². The first-order chi connectivity index (χ1) is 8.82. The molecule has 2 rings (SSSR count). The second-order valence-electron chi connectivity index (χ2n) is 5.92. The van der Waals surface area contributed by atoms with Gasteiger partial charge in [-0.15, -0.1) is 0 Å². The Morgan fingerprint density at radius 2 is 1.95 bits per heavy atom. The molecule has 0 atom stereocenters. The SMILES string of the molecule is CCc1ccc2nc(C(C)(C)C)cc(C(=N)N)c2c1. The number of pyridine rings is 1. The molecule has 3 nitrogen and oxygen atoms in total. The maximum Gasteiger partial charge on any atom is 0.123 e. The van der Waals surface area contributed by atoms with Crippen LogP contribution in [0.25, 0.3) is 10.9 Å². The van der Waals surface area contributed by atoms with Crippen molar-refractivity contribution in [2.24, 2.45) is 5.73 Å². The van der Waals surface area contributed by atoms with Crippen molar-refractivity contribution in [2.45, 2.75) is 39.5 Å². The Hall–Kier alpha value is -1.90. The van der Waals surface area contributed by atoms with Crippen molar-refractivity contribution in [2.75, 3.05) is 0 Å². The van der Waals surface area contributed by atoms with Crippen LogP contribution in [0.3, 0.4) is 0 Å². The molecule has 0 fully saturated rings. The number of nitrogens with zero attached hydrogens (tertiary/aromatic N) is 1. The molecule has 0 aliphatic heterocycles. The van der Waals surface area contributed by atoms with Crippen LogP contribution in [0.15, 0.2) is 24.3 Å². The summed E-state index contributed by atoms with van der Waals surface area (Å²) < 4.78 is 0. The van der Waals surface area contributed by atoms with Crippen molar-refractivity contribution < 1.29 is 0 Å². The smallest absolute Gasteiger partial charge is 0.123 e. The van der Waals surface area contributed by atoms with E-state index < -0.39 is 0 Å². The van der Waals surface area contributed by atoms with Gasteiger partial charge in [0.2, 0.25) is 0 Å². The zero-order valence-electron chi connectivity index (χ0n) is 12.0. The van der Waals surface area contributed by atoms with E-state index in [0.29, 0.717) is 0 Å². The number of nitrogens with two attached hydrogens (primary N) is 1. The summed E-state index contributed by atoms with van der Waals surface area (Å²) in [5.74, 6) is 0.103. The minimum atomic E-state index is -0.0538. The largest absolute Gasteiger partial charge is 0.384 e. The number of amidine groups is 1. The predicted octanol–water partition coefficient (Wildman–Crippen LogP) is 3.38. The second-order valence-corrected chi connectivity index (χ2v) is 5.92. The fourth-order valence-electron chi connectivity index (χ4n) is 2.10. The van der Waals surface area contributed by atoms with Gasteiger partial charge in [-0.3, -0.25) is 10.4 Å². The summed E-state index contributed by atoms with van der Waals surface area (Å²) in [5.41, 5.74) is 9.58. The molecule has 0 amide bonds. The highest BCUT2D eigenvalue weighted by Gasteiger charge is 2.18. The average molecular weight is 255 g/mol. The highest BCUT2D eigenvalue weighted by atomic mass is 14.7. The molecule has 0 spiro atoms. The van der Waals surface area contributed by atoms with E-state index in [1.165, 1.54) is 5.56 Å². The van der Waals surface area contributed by atoms with Crippen LogP contribution in [0.2, 0.25) is 0 Å². The predicted molar refractivity (Wildman–Crippen MR) is 80.8 cm³/mol. The summed E-state index contributed by atoms with van der Waals surface area (Å²) in [6.45, 7) is 8.47. The molecule has 19 heavy (non-hydrogen) atoms. The molecule has 0 unspecified atom stereocenters. The van der Waals surface area contributed by atoms with Crippen molar-refractivity contribution in [1.29, 1.82) is 5.41 Å². The average Bonchev–Trinajstić information content (AvgIpc) is 2.35. The Bertz CT molecular complexity index is 636. The molecule has 1 aromatic heterocycles. The van der Waals surface area contributed by atoms with Crippen LogP contribution in [0, 0.1) is 5.41 Å². The Morgan fingerprint density at radius 1 is 1.26 bits per heavy atom. The monoisotopic (exact) mass is 255 g/mol. The zero-order valence-corrected chi connectivity index (χ0v) is 12.0. The molecule has 1 heterocycles. The van der Waals surface area contributed by atoms with E-state index in [1.807, 2.05) is 12.1 Å². The highest BCUT2D eigenvalue weighted by molar-refractivity contribution is 6.07. The lowest BCUT2D eigenvalue weighted by Gasteiger charge is -2.20. The Morgan fingerprint density at radius 3 is 2.47 bits per heavy atom. The number of hydrogen-bond acceptors (Lipinski definition) is 2. The fraction of sp³-hybridized carbons (Fsp3) is 0.375. The minimum Gasteiger partial charge on any atom is -0.384 e. The van der Waals surface area contributed by atoms with Crippen molar-refractivity contribution in [3.8, 4) is 0 Å². The summed E-state index contributed by atoms with van der Waals surface area (Å²) in [5, 5.41) is 8.77. The quantitative estimate of drug-likeness (QED) is 0.638. The molecule has 3 heteroatoms. The van der Waals surface area contributed by atoms with Gasteiger partial charge < -0.3 is 5.73 Å². The third kappa shape index (κ3) is 2.60. The zero-order chi connectivity index (χ0) is 14.2. The van der Waals surface area contributed by atoms with Crippen LogP contribution < -0.4 is 5.73 Å². The van der Waals surface area contributed by atoms with E-state index in [2.05, 4.69) is 39.8 Å². The number of aromatic nitrogens is 1. The van der Waals surface area contributed by atoms with Gasteiger partial charge in [-0.25, -0.2) is 0 Å². The summed E-state index contributed by atoms with van der Waals surface area (Å²) in [7, 11) is 0. The molecule has 0 aliphatic rings. The molecule has 1 aromatic carbocycles. The molecule has 0 saturated heterocycles. The lowest BCUT2D eigenvalue weighted by molar-refractivity contribution is 0.571. The third-order valence-corrected chi connectivity index (χ3v) is 3.34. The Kier molecular flexibility index (Phi) is 3.31. The summed E-state index contributed by atoms with van der Waals surface area (Å²) >= 11 is 0. The van der Waals surface area contributed by atoms with E-state index in [0.717, 1.165) is 28.6 Å². The van der Waals surface area contributed by atoms with E-state index in [4.69, 9.17) is 16.1 Å². The number of benzene rings is 1. The van der Waals surface area contributed by atoms with Gasteiger partial charge in [0.25, 0.3) is 0 Å². The summed E-state index contributed by atoms with van der Waals surface area (Å²) in [6.07, 6.45) is 0.967. The van der Waals surface area contributed by atoms with Crippen LogP contribution in [0.5, 0.6) is 0 Å².